The van der Waals surface area contributed by atoms with Crippen LogP contribution in [0.15, 0.2) is 66.2 Å². The molecule has 0 aliphatic heterocycles. The van der Waals surface area contributed by atoms with Crippen LogP contribution in [0.3, 0.4) is 0 Å². The lowest BCUT2D eigenvalue weighted by atomic mass is 9.97. The van der Waals surface area contributed by atoms with Gasteiger partial charge in [-0.3, -0.25) is 9.59 Å². The first-order chi connectivity index (χ1) is 15.6. The SMILES string of the molecule is COc1ccc(CN(C(C)=O)[C@H](Cc2ccccc2)C(=O)NCCC2=CCCCC2)cc1. The van der Waals surface area contributed by atoms with Crippen molar-refractivity contribution in [3.05, 3.63) is 77.4 Å². The van der Waals surface area contributed by atoms with Gasteiger partial charge in [0.05, 0.1) is 7.11 Å². The van der Waals surface area contributed by atoms with Gasteiger partial charge in [0, 0.05) is 26.4 Å². The molecular formula is C27H34N2O3. The molecule has 0 heterocycles. The average Bonchev–Trinajstić information content (AvgIpc) is 2.83. The second-order valence-electron chi connectivity index (χ2n) is 8.35. The lowest BCUT2D eigenvalue weighted by Gasteiger charge is -2.30. The summed E-state index contributed by atoms with van der Waals surface area (Å²) < 4.78 is 5.23. The van der Waals surface area contributed by atoms with Crippen molar-refractivity contribution < 1.29 is 14.3 Å². The van der Waals surface area contributed by atoms with E-state index in [0.29, 0.717) is 19.5 Å². The van der Waals surface area contributed by atoms with Gasteiger partial charge in [-0.1, -0.05) is 54.1 Å². The number of amides is 2. The Kier molecular flexibility index (Phi) is 8.90. The Hall–Kier alpha value is -3.08. The summed E-state index contributed by atoms with van der Waals surface area (Å²) in [7, 11) is 1.63. The van der Waals surface area contributed by atoms with Crippen LogP contribution in [0, 0.1) is 0 Å². The number of benzene rings is 2. The van der Waals surface area contributed by atoms with Crippen molar-refractivity contribution in [2.45, 2.75) is 58.0 Å². The van der Waals surface area contributed by atoms with Crippen molar-refractivity contribution in [1.29, 1.82) is 0 Å². The van der Waals surface area contributed by atoms with E-state index in [0.717, 1.165) is 36.1 Å². The number of nitrogens with one attached hydrogen (secondary N) is 1. The third-order valence-corrected chi connectivity index (χ3v) is 6.00. The van der Waals surface area contributed by atoms with Crippen LogP contribution in [0.5, 0.6) is 5.75 Å². The molecule has 0 aromatic heterocycles. The third kappa shape index (κ3) is 6.98. The van der Waals surface area contributed by atoms with Gasteiger partial charge in [-0.25, -0.2) is 0 Å². The quantitative estimate of drug-likeness (QED) is 0.553. The molecule has 0 saturated heterocycles. The zero-order chi connectivity index (χ0) is 22.8. The second-order valence-corrected chi connectivity index (χ2v) is 8.35. The van der Waals surface area contributed by atoms with Crippen LogP contribution in [0.4, 0.5) is 0 Å². The first-order valence-electron chi connectivity index (χ1n) is 11.5. The first kappa shape index (κ1) is 23.6. The number of carbonyl (C=O) groups excluding carboxylic acids is 2. The molecule has 0 radical (unpaired) electrons. The van der Waals surface area contributed by atoms with Gasteiger partial charge >= 0.3 is 0 Å². The third-order valence-electron chi connectivity index (χ3n) is 6.00. The van der Waals surface area contributed by atoms with Crippen LogP contribution in [0.1, 0.15) is 50.2 Å². The summed E-state index contributed by atoms with van der Waals surface area (Å²) in [6.45, 7) is 2.50. The lowest BCUT2D eigenvalue weighted by molar-refractivity contribution is -0.139. The van der Waals surface area contributed by atoms with E-state index in [9.17, 15) is 9.59 Å². The topological polar surface area (TPSA) is 58.6 Å². The molecule has 2 aromatic carbocycles. The van der Waals surface area contributed by atoms with E-state index >= 15 is 0 Å². The summed E-state index contributed by atoms with van der Waals surface area (Å²) in [5, 5.41) is 3.10. The number of methoxy groups -OCH3 is 1. The molecule has 170 valence electrons. The minimum absolute atomic E-state index is 0.103. The van der Waals surface area contributed by atoms with Crippen LogP contribution in [0.2, 0.25) is 0 Å². The van der Waals surface area contributed by atoms with E-state index in [2.05, 4.69) is 11.4 Å². The minimum Gasteiger partial charge on any atom is -0.497 e. The highest BCUT2D eigenvalue weighted by Crippen LogP contribution is 2.20. The average molecular weight is 435 g/mol. The molecule has 0 bridgehead atoms. The van der Waals surface area contributed by atoms with E-state index in [1.807, 2.05) is 54.6 Å². The summed E-state index contributed by atoms with van der Waals surface area (Å²) >= 11 is 0. The predicted molar refractivity (Wildman–Crippen MR) is 127 cm³/mol. The molecule has 0 saturated carbocycles. The van der Waals surface area contributed by atoms with Gasteiger partial charge in [0.1, 0.15) is 11.8 Å². The molecule has 32 heavy (non-hydrogen) atoms. The number of allylic oxidation sites excluding steroid dienone is 1. The van der Waals surface area contributed by atoms with Gasteiger partial charge < -0.3 is 15.0 Å². The molecule has 3 rings (SSSR count). The van der Waals surface area contributed by atoms with E-state index in [1.165, 1.54) is 25.3 Å². The summed E-state index contributed by atoms with van der Waals surface area (Å²) in [5.74, 6) is 0.541. The Labute approximate surface area is 191 Å². The van der Waals surface area contributed by atoms with Crippen LogP contribution in [-0.2, 0) is 22.6 Å². The normalized spacial score (nSPS) is 14.2. The Morgan fingerprint density at radius 1 is 1.03 bits per heavy atom. The zero-order valence-electron chi connectivity index (χ0n) is 19.2. The van der Waals surface area contributed by atoms with Gasteiger partial charge in [0.15, 0.2) is 0 Å². The van der Waals surface area contributed by atoms with Crippen molar-refractivity contribution in [1.82, 2.24) is 10.2 Å². The molecule has 1 aliphatic rings. The maximum Gasteiger partial charge on any atom is 0.243 e. The standard InChI is InChI=1S/C27H34N2O3/c1-21(30)29(20-24-13-15-25(32-2)16-14-24)26(19-23-11-7-4-8-12-23)27(31)28-18-17-22-9-5-3-6-10-22/h4,7-9,11-16,26H,3,5-6,10,17-20H2,1-2H3,(H,28,31)/t26-/m1/s1. The largest absolute Gasteiger partial charge is 0.497 e. The highest BCUT2D eigenvalue weighted by atomic mass is 16.5. The molecule has 0 fully saturated rings. The zero-order valence-corrected chi connectivity index (χ0v) is 19.2. The fraction of sp³-hybridized carbons (Fsp3) is 0.407. The van der Waals surface area contributed by atoms with Crippen molar-refractivity contribution in [3.8, 4) is 5.75 Å². The molecule has 1 N–H and O–H groups in total. The Morgan fingerprint density at radius 3 is 2.41 bits per heavy atom. The molecule has 5 heteroatoms. The molecule has 0 unspecified atom stereocenters. The van der Waals surface area contributed by atoms with E-state index in [-0.39, 0.29) is 11.8 Å². The summed E-state index contributed by atoms with van der Waals surface area (Å²) in [4.78, 5) is 27.6. The maximum atomic E-state index is 13.3. The van der Waals surface area contributed by atoms with E-state index in [4.69, 9.17) is 4.74 Å². The number of hydrogen-bond acceptors (Lipinski definition) is 3. The summed E-state index contributed by atoms with van der Waals surface area (Å²) in [5.41, 5.74) is 3.42. The van der Waals surface area contributed by atoms with E-state index in [1.54, 1.807) is 12.0 Å². The van der Waals surface area contributed by atoms with Gasteiger partial charge in [-0.2, -0.15) is 0 Å². The van der Waals surface area contributed by atoms with Crippen molar-refractivity contribution in [2.24, 2.45) is 0 Å². The number of nitrogens with zero attached hydrogens (tertiary/aromatic N) is 1. The Balaban J connectivity index is 1.74. The van der Waals surface area contributed by atoms with E-state index < -0.39 is 6.04 Å². The molecule has 2 amide bonds. The highest BCUT2D eigenvalue weighted by molar-refractivity contribution is 5.87. The molecule has 1 aliphatic carbocycles. The highest BCUT2D eigenvalue weighted by Gasteiger charge is 2.28. The van der Waals surface area contributed by atoms with Crippen molar-refractivity contribution in [3.63, 3.8) is 0 Å². The number of hydrogen-bond donors (Lipinski definition) is 1. The lowest BCUT2D eigenvalue weighted by Crippen LogP contribution is -2.50. The van der Waals surface area contributed by atoms with Gasteiger partial charge in [-0.05, 0) is 55.4 Å². The van der Waals surface area contributed by atoms with Crippen LogP contribution >= 0.6 is 0 Å². The molecule has 1 atom stereocenters. The molecule has 5 nitrogen and oxygen atoms in total. The van der Waals surface area contributed by atoms with Gasteiger partial charge in [0.2, 0.25) is 11.8 Å². The first-order valence-corrected chi connectivity index (χ1v) is 11.5. The minimum atomic E-state index is -0.572. The maximum absolute atomic E-state index is 13.3. The number of rotatable bonds is 10. The second kappa shape index (κ2) is 12.1. The molecule has 0 spiro atoms. The van der Waals surface area contributed by atoms with Crippen molar-refractivity contribution >= 4 is 11.8 Å². The monoisotopic (exact) mass is 434 g/mol. The van der Waals surface area contributed by atoms with Gasteiger partial charge in [0.25, 0.3) is 0 Å². The Bertz CT molecular complexity index is 906. The van der Waals surface area contributed by atoms with Gasteiger partial charge in [-0.15, -0.1) is 0 Å². The fourth-order valence-corrected chi connectivity index (χ4v) is 4.15. The summed E-state index contributed by atoms with van der Waals surface area (Å²) in [6.07, 6.45) is 8.42. The predicted octanol–water partition coefficient (Wildman–Crippen LogP) is 4.66. The van der Waals surface area contributed by atoms with Crippen LogP contribution in [-0.4, -0.2) is 36.4 Å². The number of ether oxygens (including phenoxy) is 1. The summed E-state index contributed by atoms with van der Waals surface area (Å²) in [6, 6.07) is 16.9. The van der Waals surface area contributed by atoms with Crippen molar-refractivity contribution in [2.75, 3.05) is 13.7 Å². The van der Waals surface area contributed by atoms with Crippen LogP contribution in [0.25, 0.3) is 0 Å². The number of carbonyl (C=O) groups is 2. The molecular weight excluding hydrogens is 400 g/mol. The Morgan fingerprint density at radius 2 is 1.78 bits per heavy atom. The fourth-order valence-electron chi connectivity index (χ4n) is 4.15. The van der Waals surface area contributed by atoms with Crippen LogP contribution < -0.4 is 10.1 Å². The smallest absolute Gasteiger partial charge is 0.243 e. The molecule has 2 aromatic rings.